The van der Waals surface area contributed by atoms with Crippen molar-refractivity contribution in [3.8, 4) is 5.75 Å². The van der Waals surface area contributed by atoms with Gasteiger partial charge in [-0.3, -0.25) is 0 Å². The van der Waals surface area contributed by atoms with E-state index in [4.69, 9.17) is 17.0 Å². The van der Waals surface area contributed by atoms with E-state index in [0.717, 1.165) is 44.5 Å². The lowest BCUT2D eigenvalue weighted by Gasteiger charge is -2.28. The van der Waals surface area contributed by atoms with Gasteiger partial charge in [0.2, 0.25) is 0 Å². The summed E-state index contributed by atoms with van der Waals surface area (Å²) in [6.45, 7) is 2.92. The van der Waals surface area contributed by atoms with Crippen LogP contribution in [0.2, 0.25) is 0 Å². The molecule has 1 fully saturated rings. The summed E-state index contributed by atoms with van der Waals surface area (Å²) in [6.07, 6.45) is 3.29. The molecule has 2 aromatic rings. The highest BCUT2D eigenvalue weighted by Gasteiger charge is 2.21. The molecule has 0 aliphatic carbocycles. The smallest absolute Gasteiger partial charge is 0.169 e. The molecule has 0 saturated carbocycles. The number of nitrogens with zero attached hydrogens (tertiary/aromatic N) is 1. The molecular weight excluding hydrogens is 344 g/mol. The first-order chi connectivity index (χ1) is 12.7. The topological polar surface area (TPSA) is 44.7 Å². The van der Waals surface area contributed by atoms with Crippen LogP contribution >= 0.6 is 12.2 Å². The lowest BCUT2D eigenvalue weighted by Crippen LogP contribution is -2.43. The van der Waals surface area contributed by atoms with Gasteiger partial charge in [-0.1, -0.05) is 48.5 Å². The summed E-state index contributed by atoms with van der Waals surface area (Å²) in [5, 5.41) is 14.2. The molecule has 0 radical (unpaired) electrons. The maximum absolute atomic E-state index is 10.1. The van der Waals surface area contributed by atoms with Crippen molar-refractivity contribution in [3.63, 3.8) is 0 Å². The Morgan fingerprint density at radius 2 is 1.92 bits per heavy atom. The van der Waals surface area contributed by atoms with Crippen LogP contribution in [-0.4, -0.2) is 40.9 Å². The Bertz CT molecular complexity index is 702. The number of nitrogens with one attached hydrogen (secondary N) is 1. The van der Waals surface area contributed by atoms with Gasteiger partial charge in [0.15, 0.2) is 5.11 Å². The summed E-state index contributed by atoms with van der Waals surface area (Å²) in [4.78, 5) is 2.10. The lowest BCUT2D eigenvalue weighted by molar-refractivity contribution is 0.0896. The normalized spacial score (nSPS) is 16.4. The molecule has 26 heavy (non-hydrogen) atoms. The molecule has 0 spiro atoms. The highest BCUT2D eigenvalue weighted by atomic mass is 32.1. The third kappa shape index (κ3) is 5.44. The second kappa shape index (κ2) is 9.55. The van der Waals surface area contributed by atoms with Gasteiger partial charge in [-0.25, -0.2) is 0 Å². The monoisotopic (exact) mass is 370 g/mol. The van der Waals surface area contributed by atoms with Gasteiger partial charge in [-0.2, -0.15) is 0 Å². The molecule has 2 N–H and O–H groups in total. The van der Waals surface area contributed by atoms with Crippen molar-refractivity contribution in [2.75, 3.05) is 19.7 Å². The first-order valence-electron chi connectivity index (χ1n) is 9.17. The fraction of sp³-hybridized carbons (Fsp3) is 0.381. The number of benzene rings is 2. The number of rotatable bonds is 7. The standard InChI is InChI=1S/C21H26N2O2S/c24-20-11-5-4-9-18(20)15-23(16-19-10-6-14-25-19)21(26)22-13-12-17-7-2-1-3-8-17/h1-5,7-9,11,19,24H,6,10,12-16H2,(H,22,26)/t19-/m1/s1. The van der Waals surface area contributed by atoms with Crippen LogP contribution < -0.4 is 5.32 Å². The van der Waals surface area contributed by atoms with Crippen LogP contribution in [0.5, 0.6) is 5.75 Å². The average Bonchev–Trinajstić information content (AvgIpc) is 3.17. The van der Waals surface area contributed by atoms with E-state index in [1.165, 1.54) is 5.56 Å². The van der Waals surface area contributed by atoms with E-state index in [1.807, 2.05) is 24.3 Å². The van der Waals surface area contributed by atoms with E-state index < -0.39 is 0 Å². The van der Waals surface area contributed by atoms with Gasteiger partial charge in [0.1, 0.15) is 5.75 Å². The van der Waals surface area contributed by atoms with Crippen molar-refractivity contribution < 1.29 is 9.84 Å². The minimum Gasteiger partial charge on any atom is -0.508 e. The zero-order chi connectivity index (χ0) is 18.2. The van der Waals surface area contributed by atoms with Crippen molar-refractivity contribution in [3.05, 3.63) is 65.7 Å². The first kappa shape index (κ1) is 18.7. The minimum atomic E-state index is 0.203. The SMILES string of the molecule is Oc1ccccc1CN(C[C@H]1CCCO1)C(=S)NCCc1ccccc1. The molecule has 1 saturated heterocycles. The van der Waals surface area contributed by atoms with E-state index >= 15 is 0 Å². The molecular formula is C21H26N2O2S. The van der Waals surface area contributed by atoms with E-state index in [-0.39, 0.29) is 6.10 Å². The third-order valence-corrected chi connectivity index (χ3v) is 5.02. The second-order valence-electron chi connectivity index (χ2n) is 6.61. The number of thiocarbonyl (C=S) groups is 1. The van der Waals surface area contributed by atoms with E-state index in [2.05, 4.69) is 34.5 Å². The van der Waals surface area contributed by atoms with Gasteiger partial charge in [0.05, 0.1) is 6.10 Å². The van der Waals surface area contributed by atoms with Crippen LogP contribution in [0.4, 0.5) is 0 Å². The predicted molar refractivity (Wildman–Crippen MR) is 108 cm³/mol. The highest BCUT2D eigenvalue weighted by molar-refractivity contribution is 7.80. The number of aromatic hydroxyl groups is 1. The molecule has 1 aliphatic heterocycles. The van der Waals surface area contributed by atoms with Gasteiger partial charge in [0.25, 0.3) is 0 Å². The number of phenolic OH excluding ortho intramolecular Hbond substituents is 1. The van der Waals surface area contributed by atoms with Crippen molar-refractivity contribution in [1.82, 2.24) is 10.2 Å². The summed E-state index contributed by atoms with van der Waals surface area (Å²) >= 11 is 5.65. The lowest BCUT2D eigenvalue weighted by atomic mass is 10.1. The zero-order valence-electron chi connectivity index (χ0n) is 14.9. The number of hydrogen-bond donors (Lipinski definition) is 2. The first-order valence-corrected chi connectivity index (χ1v) is 9.58. The van der Waals surface area contributed by atoms with Gasteiger partial charge in [-0.05, 0) is 43.1 Å². The molecule has 4 nitrogen and oxygen atoms in total. The summed E-state index contributed by atoms with van der Waals surface area (Å²) in [7, 11) is 0. The maximum atomic E-state index is 10.1. The number of ether oxygens (including phenoxy) is 1. The van der Waals surface area contributed by atoms with Crippen LogP contribution in [0.25, 0.3) is 0 Å². The van der Waals surface area contributed by atoms with Crippen LogP contribution in [-0.2, 0) is 17.7 Å². The third-order valence-electron chi connectivity index (χ3n) is 4.62. The zero-order valence-corrected chi connectivity index (χ0v) is 15.8. The molecule has 1 heterocycles. The Morgan fingerprint density at radius 3 is 2.65 bits per heavy atom. The summed E-state index contributed by atoms with van der Waals surface area (Å²) in [6, 6.07) is 17.8. The molecule has 138 valence electrons. The summed E-state index contributed by atoms with van der Waals surface area (Å²) < 4.78 is 5.78. The van der Waals surface area contributed by atoms with Gasteiger partial charge >= 0.3 is 0 Å². The Morgan fingerprint density at radius 1 is 1.15 bits per heavy atom. The molecule has 0 aromatic heterocycles. The van der Waals surface area contributed by atoms with Crippen LogP contribution in [0.3, 0.4) is 0 Å². The molecule has 0 bridgehead atoms. The Balaban J connectivity index is 1.59. The molecule has 5 heteroatoms. The van der Waals surface area contributed by atoms with Crippen molar-refractivity contribution in [2.24, 2.45) is 0 Å². The van der Waals surface area contributed by atoms with Crippen molar-refractivity contribution in [2.45, 2.75) is 31.9 Å². The largest absolute Gasteiger partial charge is 0.508 e. The Kier molecular flexibility index (Phi) is 6.86. The van der Waals surface area contributed by atoms with E-state index in [9.17, 15) is 5.11 Å². The Labute approximate surface area is 160 Å². The molecule has 0 amide bonds. The summed E-state index contributed by atoms with van der Waals surface area (Å²) in [5.74, 6) is 0.303. The molecule has 2 aromatic carbocycles. The van der Waals surface area contributed by atoms with E-state index in [1.54, 1.807) is 6.07 Å². The fourth-order valence-electron chi connectivity index (χ4n) is 3.17. The molecule has 0 unspecified atom stereocenters. The predicted octanol–water partition coefficient (Wildman–Crippen LogP) is 3.49. The van der Waals surface area contributed by atoms with Gasteiger partial charge < -0.3 is 20.1 Å². The van der Waals surface area contributed by atoms with Crippen molar-refractivity contribution in [1.29, 1.82) is 0 Å². The quantitative estimate of drug-likeness (QED) is 0.731. The molecule has 1 atom stereocenters. The van der Waals surface area contributed by atoms with Gasteiger partial charge in [-0.15, -0.1) is 0 Å². The van der Waals surface area contributed by atoms with E-state index in [0.29, 0.717) is 17.4 Å². The maximum Gasteiger partial charge on any atom is 0.169 e. The molecule has 1 aliphatic rings. The average molecular weight is 371 g/mol. The Hall–Kier alpha value is -2.11. The van der Waals surface area contributed by atoms with Gasteiger partial charge in [0, 0.05) is 31.8 Å². The number of para-hydroxylation sites is 1. The second-order valence-corrected chi connectivity index (χ2v) is 7.00. The number of hydrogen-bond acceptors (Lipinski definition) is 3. The molecule has 3 rings (SSSR count). The van der Waals surface area contributed by atoms with Crippen LogP contribution in [0.15, 0.2) is 54.6 Å². The minimum absolute atomic E-state index is 0.203. The highest BCUT2D eigenvalue weighted by Crippen LogP contribution is 2.20. The van der Waals surface area contributed by atoms with Crippen LogP contribution in [0, 0.1) is 0 Å². The van der Waals surface area contributed by atoms with Crippen LogP contribution in [0.1, 0.15) is 24.0 Å². The number of phenols is 1. The summed E-state index contributed by atoms with van der Waals surface area (Å²) in [5.41, 5.74) is 2.16. The fourth-order valence-corrected chi connectivity index (χ4v) is 3.41. The van der Waals surface area contributed by atoms with Crippen molar-refractivity contribution >= 4 is 17.3 Å².